The Labute approximate surface area is 322 Å². The third-order valence-corrected chi connectivity index (χ3v) is 12.7. The summed E-state index contributed by atoms with van der Waals surface area (Å²) in [6.07, 6.45) is 9.44. The largest absolute Gasteiger partial charge is 0.398 e. The fourth-order valence-electron chi connectivity index (χ4n) is 6.99. The fraction of sp³-hybridized carbons (Fsp3) is 0.333. The monoisotopic (exact) mass is 791 g/mol. The highest BCUT2D eigenvalue weighted by atomic mass is 35.5. The van der Waals surface area contributed by atoms with Gasteiger partial charge in [0.25, 0.3) is 0 Å². The van der Waals surface area contributed by atoms with Crippen LogP contribution in [0.5, 0.6) is 0 Å². The SMILES string of the molecule is Cc1c(-c2ccccn2)nc2cc(F)cc(F)c2c1Nc1cc(N2CCOCC2)ncc1C1CCS(=O)(=O)CC1.Nc1cc(Cl)ncc1C1=CCSCC1. The van der Waals surface area contributed by atoms with Gasteiger partial charge in [-0.2, -0.15) is 11.8 Å². The molecule has 15 heteroatoms. The van der Waals surface area contributed by atoms with Crippen LogP contribution in [0.15, 0.2) is 67.1 Å². The molecule has 1 aromatic carbocycles. The number of halogens is 3. The zero-order chi connectivity index (χ0) is 37.8. The number of nitrogen functional groups attached to an aromatic ring is 1. The number of nitrogens with one attached hydrogen (secondary N) is 1. The molecule has 2 fully saturated rings. The Hall–Kier alpha value is -4.37. The summed E-state index contributed by atoms with van der Waals surface area (Å²) in [5.74, 6) is 1.70. The predicted octanol–water partition coefficient (Wildman–Crippen LogP) is 7.99. The molecule has 2 saturated heterocycles. The number of benzene rings is 1. The van der Waals surface area contributed by atoms with Crippen LogP contribution in [0.3, 0.4) is 0 Å². The summed E-state index contributed by atoms with van der Waals surface area (Å²) >= 11 is 7.68. The molecule has 0 amide bonds. The van der Waals surface area contributed by atoms with Crippen molar-refractivity contribution in [2.75, 3.05) is 65.3 Å². The number of hydrogen-bond donors (Lipinski definition) is 2. The van der Waals surface area contributed by atoms with Gasteiger partial charge in [0, 0.05) is 78.1 Å². The molecule has 4 aromatic heterocycles. The minimum atomic E-state index is -3.07. The lowest BCUT2D eigenvalue weighted by Gasteiger charge is -2.30. The van der Waals surface area contributed by atoms with Crippen molar-refractivity contribution in [1.29, 1.82) is 0 Å². The number of aromatic nitrogens is 4. The molecular formula is C39H40ClF2N7O3S2. The topological polar surface area (TPSA) is 136 Å². The lowest BCUT2D eigenvalue weighted by molar-refractivity contribution is 0.122. The van der Waals surface area contributed by atoms with Crippen molar-refractivity contribution in [3.8, 4) is 11.4 Å². The Morgan fingerprint density at radius 2 is 1.83 bits per heavy atom. The third-order valence-electron chi connectivity index (χ3n) is 9.88. The van der Waals surface area contributed by atoms with E-state index < -0.39 is 21.5 Å². The van der Waals surface area contributed by atoms with Crippen LogP contribution in [0.25, 0.3) is 27.9 Å². The molecule has 0 aliphatic carbocycles. The van der Waals surface area contributed by atoms with Crippen LogP contribution in [-0.2, 0) is 14.6 Å². The fourth-order valence-corrected chi connectivity index (χ4v) is 9.50. The second-order valence-corrected chi connectivity index (χ2v) is 17.2. The average Bonchev–Trinajstić information content (AvgIpc) is 3.17. The van der Waals surface area contributed by atoms with E-state index in [2.05, 4.69) is 31.2 Å². The smallest absolute Gasteiger partial charge is 0.150 e. The first-order valence-electron chi connectivity index (χ1n) is 17.8. The van der Waals surface area contributed by atoms with Gasteiger partial charge in [-0.3, -0.25) is 4.98 Å². The first kappa shape index (κ1) is 37.9. The summed E-state index contributed by atoms with van der Waals surface area (Å²) < 4.78 is 59.5. The molecule has 3 aliphatic heterocycles. The Bertz CT molecular complexity index is 2300. The molecule has 0 saturated carbocycles. The molecule has 282 valence electrons. The van der Waals surface area contributed by atoms with Crippen LogP contribution < -0.4 is 16.0 Å². The van der Waals surface area contributed by atoms with E-state index in [1.54, 1.807) is 36.8 Å². The molecular weight excluding hydrogens is 752 g/mol. The van der Waals surface area contributed by atoms with E-state index in [1.165, 1.54) is 11.6 Å². The van der Waals surface area contributed by atoms with Gasteiger partial charge in [-0.15, -0.1) is 0 Å². The van der Waals surface area contributed by atoms with Gasteiger partial charge in [0.05, 0.1) is 52.7 Å². The van der Waals surface area contributed by atoms with E-state index in [0.29, 0.717) is 72.6 Å². The van der Waals surface area contributed by atoms with E-state index in [4.69, 9.17) is 27.1 Å². The average molecular weight is 792 g/mol. The number of thioether (sulfide) groups is 1. The molecule has 3 N–H and O–H groups in total. The first-order valence-corrected chi connectivity index (χ1v) is 21.1. The maximum absolute atomic E-state index is 15.4. The molecule has 0 unspecified atom stereocenters. The van der Waals surface area contributed by atoms with Crippen molar-refractivity contribution in [2.24, 2.45) is 0 Å². The van der Waals surface area contributed by atoms with Crippen LogP contribution in [-0.4, -0.2) is 77.7 Å². The molecule has 10 nitrogen and oxygen atoms in total. The number of rotatable bonds is 6. The molecule has 0 atom stereocenters. The summed E-state index contributed by atoms with van der Waals surface area (Å²) in [5.41, 5.74) is 12.9. The number of nitrogens with two attached hydrogens (primary N) is 1. The van der Waals surface area contributed by atoms with Gasteiger partial charge in [0.1, 0.15) is 32.4 Å². The van der Waals surface area contributed by atoms with Gasteiger partial charge in [0.15, 0.2) is 0 Å². The quantitative estimate of drug-likeness (QED) is 0.162. The summed E-state index contributed by atoms with van der Waals surface area (Å²) in [4.78, 5) is 19.9. The number of ether oxygens (including phenoxy) is 1. The number of sulfone groups is 1. The maximum Gasteiger partial charge on any atom is 0.150 e. The van der Waals surface area contributed by atoms with Gasteiger partial charge in [-0.1, -0.05) is 23.7 Å². The summed E-state index contributed by atoms with van der Waals surface area (Å²) in [6, 6.07) is 11.1. The van der Waals surface area contributed by atoms with Crippen molar-refractivity contribution >= 4 is 72.6 Å². The molecule has 7 heterocycles. The Balaban J connectivity index is 0.000000269. The highest BCUT2D eigenvalue weighted by molar-refractivity contribution is 7.99. The van der Waals surface area contributed by atoms with Crippen LogP contribution in [0, 0.1) is 18.6 Å². The lowest BCUT2D eigenvalue weighted by Crippen LogP contribution is -2.36. The molecule has 0 bridgehead atoms. The van der Waals surface area contributed by atoms with Crippen molar-refractivity contribution < 1.29 is 21.9 Å². The minimum absolute atomic E-state index is 0.0387. The highest BCUT2D eigenvalue weighted by Crippen LogP contribution is 2.41. The first-order chi connectivity index (χ1) is 26.1. The molecule has 0 radical (unpaired) electrons. The zero-order valence-corrected chi connectivity index (χ0v) is 32.1. The second kappa shape index (κ2) is 16.6. The number of pyridine rings is 4. The Kier molecular flexibility index (Phi) is 11.6. The predicted molar refractivity (Wildman–Crippen MR) is 214 cm³/mol. The van der Waals surface area contributed by atoms with E-state index in [9.17, 15) is 12.8 Å². The third kappa shape index (κ3) is 8.62. The number of nitrogens with zero attached hydrogens (tertiary/aromatic N) is 5. The number of allylic oxidation sites excluding steroid dienone is 1. The van der Waals surface area contributed by atoms with Crippen molar-refractivity contribution in [3.63, 3.8) is 0 Å². The number of hydrogen-bond acceptors (Lipinski definition) is 11. The normalized spacial score (nSPS) is 17.4. The molecule has 0 spiro atoms. The van der Waals surface area contributed by atoms with E-state index in [1.807, 2.05) is 30.8 Å². The summed E-state index contributed by atoms with van der Waals surface area (Å²) in [5, 5.41) is 4.10. The van der Waals surface area contributed by atoms with Crippen LogP contribution in [0.1, 0.15) is 41.9 Å². The molecule has 3 aliphatic rings. The highest BCUT2D eigenvalue weighted by Gasteiger charge is 2.28. The van der Waals surface area contributed by atoms with Crippen LogP contribution >= 0.6 is 23.4 Å². The van der Waals surface area contributed by atoms with Crippen LogP contribution in [0.4, 0.5) is 31.7 Å². The van der Waals surface area contributed by atoms with Crippen molar-refractivity contribution in [1.82, 2.24) is 19.9 Å². The molecule has 8 rings (SSSR count). The molecule has 54 heavy (non-hydrogen) atoms. The summed E-state index contributed by atoms with van der Waals surface area (Å²) in [7, 11) is -3.07. The second-order valence-electron chi connectivity index (χ2n) is 13.4. The minimum Gasteiger partial charge on any atom is -0.398 e. The zero-order valence-electron chi connectivity index (χ0n) is 29.7. The van der Waals surface area contributed by atoms with Crippen molar-refractivity contribution in [2.45, 2.75) is 32.1 Å². The summed E-state index contributed by atoms with van der Waals surface area (Å²) in [6.45, 7) is 4.37. The molecule has 5 aromatic rings. The van der Waals surface area contributed by atoms with Gasteiger partial charge in [0.2, 0.25) is 0 Å². The van der Waals surface area contributed by atoms with Gasteiger partial charge in [-0.05, 0) is 67.2 Å². The van der Waals surface area contributed by atoms with Gasteiger partial charge in [-0.25, -0.2) is 32.2 Å². The van der Waals surface area contributed by atoms with E-state index in [-0.39, 0.29) is 28.3 Å². The standard InChI is InChI=1S/C29H29F2N5O3S.C10H11ClN2S/c1-18-28(23-4-2-3-7-32-23)35-25-15-20(30)14-22(31)27(25)29(18)34-24-16-26(36-8-10-39-11-9-36)33-17-21(24)19-5-12-40(37,38)13-6-19;11-10-5-9(12)8(6-13-10)7-1-3-14-4-2-7/h2-4,7,14-17,19H,5-6,8-13H2,1H3,(H,33,34,35);1,5-6H,2-4H2,(H2,12,13). The van der Waals surface area contributed by atoms with Gasteiger partial charge >= 0.3 is 0 Å². The number of anilines is 4. The van der Waals surface area contributed by atoms with Gasteiger partial charge < -0.3 is 20.7 Å². The Morgan fingerprint density at radius 3 is 2.54 bits per heavy atom. The lowest BCUT2D eigenvalue weighted by atomic mass is 9.93. The number of morpholine rings is 1. The number of fused-ring (bicyclic) bond motifs is 1. The Morgan fingerprint density at radius 1 is 1.04 bits per heavy atom. The van der Waals surface area contributed by atoms with Crippen molar-refractivity contribution in [3.05, 3.63) is 101 Å². The van der Waals surface area contributed by atoms with E-state index >= 15 is 4.39 Å². The maximum atomic E-state index is 15.4. The van der Waals surface area contributed by atoms with Crippen LogP contribution in [0.2, 0.25) is 5.15 Å². The van der Waals surface area contributed by atoms with E-state index in [0.717, 1.165) is 46.6 Å².